The van der Waals surface area contributed by atoms with Gasteiger partial charge >= 0.3 is 0 Å². The first-order valence-electron chi connectivity index (χ1n) is 5.92. The van der Waals surface area contributed by atoms with Crippen LogP contribution in [0.15, 0.2) is 0 Å². The van der Waals surface area contributed by atoms with Crippen LogP contribution in [0.3, 0.4) is 0 Å². The molecule has 0 spiro atoms. The third-order valence-corrected chi connectivity index (χ3v) is 2.54. The third-order valence-electron chi connectivity index (χ3n) is 2.54. The highest BCUT2D eigenvalue weighted by molar-refractivity contribution is 5.85. The number of carbonyl (C=O) groups is 1. The van der Waals surface area contributed by atoms with Crippen molar-refractivity contribution in [3.05, 3.63) is 0 Å². The van der Waals surface area contributed by atoms with Crippen molar-refractivity contribution in [1.82, 2.24) is 5.32 Å². The topological polar surface area (TPSA) is 64.3 Å². The van der Waals surface area contributed by atoms with E-state index < -0.39 is 6.04 Å². The summed E-state index contributed by atoms with van der Waals surface area (Å²) < 4.78 is 4.95. The molecule has 1 amide bonds. The predicted molar refractivity (Wildman–Crippen MR) is 73.4 cm³/mol. The number of halogens is 1. The van der Waals surface area contributed by atoms with Crippen LogP contribution in [-0.2, 0) is 9.53 Å². The molecule has 0 heterocycles. The summed E-state index contributed by atoms with van der Waals surface area (Å²) in [5, 5.41) is 2.86. The average Bonchev–Trinajstić information content (AvgIpc) is 2.20. The number of ether oxygens (including phenoxy) is 1. The molecule has 104 valence electrons. The molecule has 0 aromatic carbocycles. The van der Waals surface area contributed by atoms with Crippen LogP contribution in [0.25, 0.3) is 0 Å². The Morgan fingerprint density at radius 1 is 1.29 bits per heavy atom. The summed E-state index contributed by atoms with van der Waals surface area (Å²) in [5.74, 6) is -0.0563. The summed E-state index contributed by atoms with van der Waals surface area (Å²) in [4.78, 5) is 11.6. The zero-order chi connectivity index (χ0) is 12.6. The van der Waals surface area contributed by atoms with E-state index >= 15 is 0 Å². The zero-order valence-corrected chi connectivity index (χ0v) is 12.2. The number of nitrogens with two attached hydrogens (primary N) is 1. The summed E-state index contributed by atoms with van der Waals surface area (Å²) in [6.07, 6.45) is 3.09. The molecule has 0 saturated heterocycles. The SMILES string of the molecule is COCCCCCNC(=O)[C@@H](N)C(C)(C)C.Cl. The molecule has 0 aliphatic carbocycles. The summed E-state index contributed by atoms with van der Waals surface area (Å²) in [7, 11) is 1.70. The summed E-state index contributed by atoms with van der Waals surface area (Å²) in [6, 6.07) is -0.438. The van der Waals surface area contributed by atoms with Crippen molar-refractivity contribution in [1.29, 1.82) is 0 Å². The fraction of sp³-hybridized carbons (Fsp3) is 0.917. The highest BCUT2D eigenvalue weighted by atomic mass is 35.5. The van der Waals surface area contributed by atoms with E-state index in [0.717, 1.165) is 25.9 Å². The highest BCUT2D eigenvalue weighted by Crippen LogP contribution is 2.17. The average molecular weight is 267 g/mol. The Bertz CT molecular complexity index is 205. The fourth-order valence-electron chi connectivity index (χ4n) is 1.26. The molecule has 0 radical (unpaired) electrons. The van der Waals surface area contributed by atoms with Gasteiger partial charge in [0.2, 0.25) is 5.91 Å². The molecule has 4 nitrogen and oxygen atoms in total. The zero-order valence-electron chi connectivity index (χ0n) is 11.4. The van der Waals surface area contributed by atoms with Crippen LogP contribution < -0.4 is 11.1 Å². The third kappa shape index (κ3) is 9.39. The number of amides is 1. The Kier molecular flexibility index (Phi) is 10.8. The largest absolute Gasteiger partial charge is 0.385 e. The summed E-state index contributed by atoms with van der Waals surface area (Å²) >= 11 is 0. The Morgan fingerprint density at radius 3 is 2.35 bits per heavy atom. The lowest BCUT2D eigenvalue weighted by Crippen LogP contribution is -2.48. The van der Waals surface area contributed by atoms with Crippen LogP contribution in [0.4, 0.5) is 0 Å². The first-order valence-corrected chi connectivity index (χ1v) is 5.92. The van der Waals surface area contributed by atoms with Gasteiger partial charge in [-0.25, -0.2) is 0 Å². The van der Waals surface area contributed by atoms with Crippen molar-refractivity contribution in [3.8, 4) is 0 Å². The lowest BCUT2D eigenvalue weighted by Gasteiger charge is -2.25. The van der Waals surface area contributed by atoms with Gasteiger partial charge in [0.1, 0.15) is 0 Å². The number of hydrogen-bond acceptors (Lipinski definition) is 3. The quantitative estimate of drug-likeness (QED) is 0.690. The normalized spacial score (nSPS) is 12.8. The lowest BCUT2D eigenvalue weighted by atomic mass is 9.87. The van der Waals surface area contributed by atoms with Crippen LogP contribution in [0.5, 0.6) is 0 Å². The maximum Gasteiger partial charge on any atom is 0.237 e. The minimum absolute atomic E-state index is 0. The fourth-order valence-corrected chi connectivity index (χ4v) is 1.26. The van der Waals surface area contributed by atoms with Crippen LogP contribution in [0.1, 0.15) is 40.0 Å². The minimum atomic E-state index is -0.438. The smallest absolute Gasteiger partial charge is 0.237 e. The van der Waals surface area contributed by atoms with Crippen LogP contribution in [0, 0.1) is 5.41 Å². The van der Waals surface area contributed by atoms with Crippen molar-refractivity contribution >= 4 is 18.3 Å². The van der Waals surface area contributed by atoms with E-state index in [0.29, 0.717) is 6.54 Å². The van der Waals surface area contributed by atoms with E-state index in [9.17, 15) is 4.79 Å². The number of unbranched alkanes of at least 4 members (excludes halogenated alkanes) is 2. The van der Waals surface area contributed by atoms with E-state index in [1.54, 1.807) is 7.11 Å². The second-order valence-corrected chi connectivity index (χ2v) is 5.19. The number of methoxy groups -OCH3 is 1. The van der Waals surface area contributed by atoms with E-state index in [1.165, 1.54) is 0 Å². The van der Waals surface area contributed by atoms with Crippen LogP contribution in [0.2, 0.25) is 0 Å². The first-order chi connectivity index (χ1) is 7.39. The number of carbonyl (C=O) groups excluding carboxylic acids is 1. The molecular weight excluding hydrogens is 240 g/mol. The maximum atomic E-state index is 11.6. The van der Waals surface area contributed by atoms with Gasteiger partial charge in [-0.15, -0.1) is 12.4 Å². The molecule has 0 aliphatic heterocycles. The van der Waals surface area contributed by atoms with Crippen LogP contribution in [-0.4, -0.2) is 32.2 Å². The lowest BCUT2D eigenvalue weighted by molar-refractivity contribution is -0.124. The Labute approximate surface area is 111 Å². The molecule has 0 unspecified atom stereocenters. The van der Waals surface area contributed by atoms with Crippen molar-refractivity contribution < 1.29 is 9.53 Å². The molecule has 0 bridgehead atoms. The highest BCUT2D eigenvalue weighted by Gasteiger charge is 2.26. The molecule has 17 heavy (non-hydrogen) atoms. The predicted octanol–water partition coefficient (Wildman–Crippen LogP) is 1.71. The molecule has 0 aliphatic rings. The number of nitrogens with one attached hydrogen (secondary N) is 1. The molecule has 0 saturated carbocycles. The van der Waals surface area contributed by atoms with Crippen molar-refractivity contribution in [3.63, 3.8) is 0 Å². The van der Waals surface area contributed by atoms with Gasteiger partial charge in [0.15, 0.2) is 0 Å². The molecule has 1 atom stereocenters. The van der Waals surface area contributed by atoms with E-state index in [-0.39, 0.29) is 23.7 Å². The monoisotopic (exact) mass is 266 g/mol. The van der Waals surface area contributed by atoms with Gasteiger partial charge in [-0.1, -0.05) is 20.8 Å². The number of rotatable bonds is 7. The minimum Gasteiger partial charge on any atom is -0.385 e. The summed E-state index contributed by atoms with van der Waals surface area (Å²) in [5.41, 5.74) is 5.64. The van der Waals surface area contributed by atoms with Crippen molar-refractivity contribution in [2.75, 3.05) is 20.3 Å². The Balaban J connectivity index is 0. The molecule has 0 aromatic rings. The second-order valence-electron chi connectivity index (χ2n) is 5.19. The number of hydrogen-bond donors (Lipinski definition) is 2. The molecule has 0 rings (SSSR count). The molecule has 0 fully saturated rings. The maximum absolute atomic E-state index is 11.6. The van der Waals surface area contributed by atoms with Gasteiger partial charge < -0.3 is 15.8 Å². The van der Waals surface area contributed by atoms with Gasteiger partial charge in [-0.3, -0.25) is 4.79 Å². The van der Waals surface area contributed by atoms with Crippen LogP contribution >= 0.6 is 12.4 Å². The van der Waals surface area contributed by atoms with Crippen molar-refractivity contribution in [2.45, 2.75) is 46.1 Å². The second kappa shape index (κ2) is 9.68. The standard InChI is InChI=1S/C12H26N2O2.ClH/c1-12(2,3)10(13)11(15)14-8-6-5-7-9-16-4;/h10H,5-9,13H2,1-4H3,(H,14,15);1H/t10-;/m1./s1. The summed E-state index contributed by atoms with van der Waals surface area (Å²) in [6.45, 7) is 7.39. The van der Waals surface area contributed by atoms with E-state index in [1.807, 2.05) is 20.8 Å². The Morgan fingerprint density at radius 2 is 1.88 bits per heavy atom. The van der Waals surface area contributed by atoms with E-state index in [2.05, 4.69) is 5.32 Å². The van der Waals surface area contributed by atoms with Gasteiger partial charge in [0.25, 0.3) is 0 Å². The van der Waals surface area contributed by atoms with Gasteiger partial charge in [0.05, 0.1) is 6.04 Å². The van der Waals surface area contributed by atoms with E-state index in [4.69, 9.17) is 10.5 Å². The first kappa shape index (κ1) is 19.0. The van der Waals surface area contributed by atoms with Crippen molar-refractivity contribution in [2.24, 2.45) is 11.1 Å². The molecule has 3 N–H and O–H groups in total. The Hall–Kier alpha value is -0.320. The van der Waals surface area contributed by atoms with Gasteiger partial charge in [-0.2, -0.15) is 0 Å². The molecule has 5 heteroatoms. The van der Waals surface area contributed by atoms with Gasteiger partial charge in [0, 0.05) is 20.3 Å². The molecule has 0 aromatic heterocycles. The van der Waals surface area contributed by atoms with Gasteiger partial charge in [-0.05, 0) is 24.7 Å². The molecular formula is C12H27ClN2O2.